The number of nitrogens with zero attached hydrogens (tertiary/aromatic N) is 4. The molecule has 1 aliphatic heterocycles. The summed E-state index contributed by atoms with van der Waals surface area (Å²) in [6.07, 6.45) is 2.13. The van der Waals surface area contributed by atoms with Gasteiger partial charge in [-0.3, -0.25) is 4.90 Å². The fourth-order valence-corrected chi connectivity index (χ4v) is 4.54. The van der Waals surface area contributed by atoms with Crippen LogP contribution in [-0.4, -0.2) is 53.5 Å². The molecule has 0 amide bonds. The van der Waals surface area contributed by atoms with Crippen LogP contribution in [0.15, 0.2) is 24.3 Å². The van der Waals surface area contributed by atoms with Crippen molar-refractivity contribution in [2.24, 2.45) is 5.92 Å². The molecule has 8 nitrogen and oxygen atoms in total. The van der Waals surface area contributed by atoms with Gasteiger partial charge in [0.2, 0.25) is 10.0 Å². The van der Waals surface area contributed by atoms with Crippen molar-refractivity contribution in [2.75, 3.05) is 19.3 Å². The summed E-state index contributed by atoms with van der Waals surface area (Å²) in [5, 5.41) is 8.71. The topological polar surface area (TPSA) is 89.3 Å². The molecule has 1 aromatic heterocycles. The lowest BCUT2D eigenvalue weighted by Gasteiger charge is -2.22. The molecule has 2 heterocycles. The molecular weight excluding hydrogens is 402 g/mol. The van der Waals surface area contributed by atoms with Gasteiger partial charge in [-0.25, -0.2) is 13.1 Å². The monoisotopic (exact) mass is 435 g/mol. The minimum Gasteiger partial charge on any atom is -0.491 e. The van der Waals surface area contributed by atoms with Crippen LogP contribution in [0.3, 0.4) is 0 Å². The van der Waals surface area contributed by atoms with Crippen LogP contribution in [-0.2, 0) is 29.5 Å². The number of hydrogen-bond donors (Lipinski definition) is 1. The van der Waals surface area contributed by atoms with Gasteiger partial charge in [0.15, 0.2) is 5.82 Å². The van der Waals surface area contributed by atoms with Gasteiger partial charge in [0, 0.05) is 32.6 Å². The van der Waals surface area contributed by atoms with Crippen molar-refractivity contribution in [3.8, 4) is 5.75 Å². The third-order valence-electron chi connectivity index (χ3n) is 5.13. The summed E-state index contributed by atoms with van der Waals surface area (Å²) in [7, 11) is -3.34. The number of benzene rings is 1. The smallest absolute Gasteiger partial charge is 0.209 e. The van der Waals surface area contributed by atoms with E-state index in [-0.39, 0.29) is 18.1 Å². The van der Waals surface area contributed by atoms with Crippen LogP contribution in [0.4, 0.5) is 0 Å². The van der Waals surface area contributed by atoms with Crippen molar-refractivity contribution in [3.05, 3.63) is 41.5 Å². The standard InChI is InChI=1S/C21H33N5O3S/c1-15(2)20(24-30(5,27)28)21-23-22-19-10-11-25(12-13-26(19)21)14-17-6-8-18(9-7-17)29-16(3)4/h6-9,15-16,20,24H,10-14H2,1-5H3. The lowest BCUT2D eigenvalue weighted by atomic mass is 10.1. The molecule has 0 bridgehead atoms. The molecule has 30 heavy (non-hydrogen) atoms. The first-order chi connectivity index (χ1) is 14.1. The number of rotatable bonds is 8. The van der Waals surface area contributed by atoms with Crippen molar-refractivity contribution >= 4 is 10.0 Å². The summed E-state index contributed by atoms with van der Waals surface area (Å²) >= 11 is 0. The molecule has 2 aromatic rings. The molecule has 1 N–H and O–H groups in total. The first-order valence-corrected chi connectivity index (χ1v) is 12.4. The van der Waals surface area contributed by atoms with Crippen LogP contribution in [0.1, 0.15) is 50.9 Å². The number of nitrogens with one attached hydrogen (secondary N) is 1. The molecule has 1 aliphatic rings. The quantitative estimate of drug-likeness (QED) is 0.685. The zero-order chi connectivity index (χ0) is 21.9. The molecule has 1 aromatic carbocycles. The maximum atomic E-state index is 11.8. The molecule has 0 fully saturated rings. The normalized spacial score (nSPS) is 16.5. The maximum Gasteiger partial charge on any atom is 0.209 e. The zero-order valence-electron chi connectivity index (χ0n) is 18.5. The second-order valence-corrected chi connectivity index (χ2v) is 10.4. The highest BCUT2D eigenvalue weighted by atomic mass is 32.2. The van der Waals surface area contributed by atoms with Crippen LogP contribution in [0.5, 0.6) is 5.75 Å². The van der Waals surface area contributed by atoms with E-state index in [0.717, 1.165) is 44.2 Å². The van der Waals surface area contributed by atoms with Gasteiger partial charge >= 0.3 is 0 Å². The van der Waals surface area contributed by atoms with E-state index in [1.807, 2.05) is 39.8 Å². The van der Waals surface area contributed by atoms with Crippen molar-refractivity contribution in [1.29, 1.82) is 0 Å². The van der Waals surface area contributed by atoms with Crippen LogP contribution >= 0.6 is 0 Å². The van der Waals surface area contributed by atoms with Gasteiger partial charge in [-0.2, -0.15) is 0 Å². The van der Waals surface area contributed by atoms with Crippen LogP contribution in [0.2, 0.25) is 0 Å². The highest BCUT2D eigenvalue weighted by Crippen LogP contribution is 2.23. The largest absolute Gasteiger partial charge is 0.491 e. The van der Waals surface area contributed by atoms with Crippen LogP contribution in [0, 0.1) is 5.92 Å². The van der Waals surface area contributed by atoms with Gasteiger partial charge < -0.3 is 9.30 Å². The van der Waals surface area contributed by atoms with Crippen LogP contribution < -0.4 is 9.46 Å². The van der Waals surface area contributed by atoms with Gasteiger partial charge in [0.1, 0.15) is 11.6 Å². The predicted molar refractivity (Wildman–Crippen MR) is 117 cm³/mol. The SMILES string of the molecule is CC(C)Oc1ccc(CN2CCc3nnc(C(NS(C)(=O)=O)C(C)C)n3CC2)cc1. The van der Waals surface area contributed by atoms with Crippen molar-refractivity contribution in [2.45, 2.75) is 59.4 Å². The van der Waals surface area contributed by atoms with Crippen molar-refractivity contribution < 1.29 is 13.2 Å². The van der Waals surface area contributed by atoms with E-state index >= 15 is 0 Å². The van der Waals surface area contributed by atoms with E-state index in [1.165, 1.54) is 11.8 Å². The summed E-state index contributed by atoms with van der Waals surface area (Å²) in [6.45, 7) is 11.3. The van der Waals surface area contributed by atoms with Gasteiger partial charge in [-0.05, 0) is 37.5 Å². The van der Waals surface area contributed by atoms with Gasteiger partial charge in [0.25, 0.3) is 0 Å². The maximum absolute atomic E-state index is 11.8. The van der Waals surface area contributed by atoms with E-state index in [1.54, 1.807) is 0 Å². The Kier molecular flexibility index (Phi) is 7.15. The Morgan fingerprint density at radius 1 is 1.07 bits per heavy atom. The molecule has 0 spiro atoms. The Morgan fingerprint density at radius 3 is 2.37 bits per heavy atom. The van der Waals surface area contributed by atoms with E-state index in [2.05, 4.69) is 36.5 Å². The minimum atomic E-state index is -3.34. The van der Waals surface area contributed by atoms with Crippen molar-refractivity contribution in [1.82, 2.24) is 24.4 Å². The highest BCUT2D eigenvalue weighted by molar-refractivity contribution is 7.88. The van der Waals surface area contributed by atoms with Crippen molar-refractivity contribution in [3.63, 3.8) is 0 Å². The summed E-state index contributed by atoms with van der Waals surface area (Å²) in [5.41, 5.74) is 1.24. The van der Waals surface area contributed by atoms with Crippen LogP contribution in [0.25, 0.3) is 0 Å². The first-order valence-electron chi connectivity index (χ1n) is 10.5. The zero-order valence-corrected chi connectivity index (χ0v) is 19.3. The Morgan fingerprint density at radius 2 is 1.77 bits per heavy atom. The summed E-state index contributed by atoms with van der Waals surface area (Å²) in [5.74, 6) is 2.56. The van der Waals surface area contributed by atoms with Gasteiger partial charge in [0.05, 0.1) is 18.4 Å². The minimum absolute atomic E-state index is 0.0685. The Labute approximate surface area is 179 Å². The molecule has 0 aliphatic carbocycles. The van der Waals surface area contributed by atoms with E-state index in [9.17, 15) is 8.42 Å². The number of hydrogen-bond acceptors (Lipinski definition) is 6. The molecule has 9 heteroatoms. The lowest BCUT2D eigenvalue weighted by molar-refractivity contribution is 0.242. The fraction of sp³-hybridized carbons (Fsp3) is 0.619. The number of sulfonamides is 1. The Hall–Kier alpha value is -1.97. The average molecular weight is 436 g/mol. The van der Waals surface area contributed by atoms with Gasteiger partial charge in [-0.15, -0.1) is 10.2 Å². The lowest BCUT2D eigenvalue weighted by Crippen LogP contribution is -2.33. The molecule has 166 valence electrons. The third-order valence-corrected chi connectivity index (χ3v) is 5.82. The molecule has 3 rings (SSSR count). The number of ether oxygens (including phenoxy) is 1. The predicted octanol–water partition coefficient (Wildman–Crippen LogP) is 2.37. The third kappa shape index (κ3) is 6.02. The summed E-state index contributed by atoms with van der Waals surface area (Å²) in [6, 6.07) is 7.87. The molecular formula is C21H33N5O3S. The summed E-state index contributed by atoms with van der Waals surface area (Å²) < 4.78 is 34.2. The average Bonchev–Trinajstić information content (AvgIpc) is 2.94. The van der Waals surface area contributed by atoms with E-state index < -0.39 is 10.0 Å². The van der Waals surface area contributed by atoms with E-state index in [0.29, 0.717) is 5.82 Å². The molecule has 0 saturated heterocycles. The Balaban J connectivity index is 1.68. The second-order valence-electron chi connectivity index (χ2n) is 8.57. The van der Waals surface area contributed by atoms with Gasteiger partial charge in [-0.1, -0.05) is 26.0 Å². The summed E-state index contributed by atoms with van der Waals surface area (Å²) in [4.78, 5) is 2.39. The Bertz CT molecular complexity index is 938. The molecule has 0 saturated carbocycles. The fourth-order valence-electron chi connectivity index (χ4n) is 3.70. The van der Waals surface area contributed by atoms with E-state index in [4.69, 9.17) is 4.74 Å². The molecule has 1 atom stereocenters. The number of aromatic nitrogens is 3. The second kappa shape index (κ2) is 9.45. The first kappa shape index (κ1) is 22.7. The molecule has 1 unspecified atom stereocenters. The highest BCUT2D eigenvalue weighted by Gasteiger charge is 2.28. The number of fused-ring (bicyclic) bond motifs is 1. The molecule has 0 radical (unpaired) electrons.